The molecular formula is C22H18N2O2. The van der Waals surface area contributed by atoms with E-state index in [-0.39, 0.29) is 0 Å². The van der Waals surface area contributed by atoms with Gasteiger partial charge >= 0.3 is 6.03 Å². The summed E-state index contributed by atoms with van der Waals surface area (Å²) in [5.41, 5.74) is 2.82. The minimum absolute atomic E-state index is 0.427. The van der Waals surface area contributed by atoms with Crippen LogP contribution in [0.2, 0.25) is 0 Å². The van der Waals surface area contributed by atoms with Gasteiger partial charge in [-0.2, -0.15) is 0 Å². The van der Waals surface area contributed by atoms with Crippen LogP contribution in [0.1, 0.15) is 21.5 Å². The van der Waals surface area contributed by atoms with Crippen LogP contribution >= 0.6 is 0 Å². The van der Waals surface area contributed by atoms with Crippen LogP contribution in [0.4, 0.5) is 4.79 Å². The van der Waals surface area contributed by atoms with E-state index in [1.807, 2.05) is 72.8 Å². The molecule has 0 spiro atoms. The van der Waals surface area contributed by atoms with Crippen molar-refractivity contribution in [3.63, 3.8) is 0 Å². The van der Waals surface area contributed by atoms with Crippen molar-refractivity contribution < 1.29 is 9.59 Å². The predicted octanol–water partition coefficient (Wildman–Crippen LogP) is 4.32. The number of carbonyl (C=O) groups is 2. The van der Waals surface area contributed by atoms with Gasteiger partial charge in [-0.3, -0.25) is 10.1 Å². The molecule has 0 unspecified atom stereocenters. The number of rotatable bonds is 4. The first kappa shape index (κ1) is 17.2. The zero-order valence-corrected chi connectivity index (χ0v) is 14.1. The van der Waals surface area contributed by atoms with Crippen LogP contribution < -0.4 is 10.6 Å². The van der Waals surface area contributed by atoms with Crippen molar-refractivity contribution in [2.45, 2.75) is 0 Å². The van der Waals surface area contributed by atoms with Gasteiger partial charge in [0.2, 0.25) is 0 Å². The molecule has 0 radical (unpaired) electrons. The summed E-state index contributed by atoms with van der Waals surface area (Å²) in [7, 11) is 0. The summed E-state index contributed by atoms with van der Waals surface area (Å²) in [6.45, 7) is 0. The topological polar surface area (TPSA) is 58.2 Å². The Morgan fingerprint density at radius 1 is 0.615 bits per heavy atom. The lowest BCUT2D eigenvalue weighted by Crippen LogP contribution is -2.38. The number of urea groups is 1. The summed E-state index contributed by atoms with van der Waals surface area (Å²) in [6.07, 6.45) is 1.86. The third-order valence-electron chi connectivity index (χ3n) is 3.71. The number of carbonyl (C=O) groups excluding carboxylic acids is 2. The van der Waals surface area contributed by atoms with E-state index in [0.717, 1.165) is 11.1 Å². The van der Waals surface area contributed by atoms with Gasteiger partial charge < -0.3 is 5.32 Å². The summed E-state index contributed by atoms with van der Waals surface area (Å²) in [4.78, 5) is 24.5. The van der Waals surface area contributed by atoms with E-state index in [1.54, 1.807) is 24.3 Å². The molecule has 3 rings (SSSR count). The number of nitrogens with one attached hydrogen (secondary N) is 2. The predicted molar refractivity (Wildman–Crippen MR) is 103 cm³/mol. The Bertz CT molecular complexity index is 905. The maximum Gasteiger partial charge on any atom is 0.326 e. The number of amides is 3. The Morgan fingerprint density at radius 2 is 1.12 bits per heavy atom. The van der Waals surface area contributed by atoms with Crippen LogP contribution in [0.3, 0.4) is 0 Å². The standard InChI is InChI=1S/C22H18N2O2/c25-21(19-14-8-3-9-15-19)24-22(26)23-20(18-12-6-2-7-13-18)16-17-10-4-1-5-11-17/h1-16H,(H2,23,24,25,26). The normalized spacial score (nSPS) is 10.8. The van der Waals surface area contributed by atoms with Gasteiger partial charge in [0.15, 0.2) is 0 Å². The number of hydrogen-bond acceptors (Lipinski definition) is 2. The zero-order chi connectivity index (χ0) is 18.2. The fraction of sp³-hybridized carbons (Fsp3) is 0. The van der Waals surface area contributed by atoms with Gasteiger partial charge in [-0.15, -0.1) is 0 Å². The molecule has 0 aliphatic rings. The Balaban J connectivity index is 1.79. The Morgan fingerprint density at radius 3 is 1.69 bits per heavy atom. The number of hydrogen-bond donors (Lipinski definition) is 2. The molecule has 0 aliphatic heterocycles. The average Bonchev–Trinajstić information content (AvgIpc) is 2.69. The zero-order valence-electron chi connectivity index (χ0n) is 14.1. The average molecular weight is 342 g/mol. The second-order valence-corrected chi connectivity index (χ2v) is 5.61. The highest BCUT2D eigenvalue weighted by molar-refractivity contribution is 6.06. The number of imide groups is 1. The highest BCUT2D eigenvalue weighted by atomic mass is 16.2. The van der Waals surface area contributed by atoms with Crippen LogP contribution in [0.15, 0.2) is 91.0 Å². The molecule has 0 aromatic heterocycles. The van der Waals surface area contributed by atoms with Crippen molar-refractivity contribution in [2.75, 3.05) is 0 Å². The van der Waals surface area contributed by atoms with Crippen LogP contribution in [-0.2, 0) is 0 Å². The molecule has 0 heterocycles. The monoisotopic (exact) mass is 342 g/mol. The SMILES string of the molecule is O=C(NC(=O)c1ccccc1)NC(=Cc1ccccc1)c1ccccc1. The van der Waals surface area contributed by atoms with Crippen LogP contribution in [0.5, 0.6) is 0 Å². The third kappa shape index (κ3) is 4.68. The van der Waals surface area contributed by atoms with E-state index in [4.69, 9.17) is 0 Å². The molecule has 0 saturated heterocycles. The summed E-state index contributed by atoms with van der Waals surface area (Å²) in [6, 6.07) is 27.2. The van der Waals surface area contributed by atoms with Crippen LogP contribution in [-0.4, -0.2) is 11.9 Å². The van der Waals surface area contributed by atoms with Crippen molar-refractivity contribution >= 4 is 23.7 Å². The van der Waals surface area contributed by atoms with Crippen molar-refractivity contribution in [3.8, 4) is 0 Å². The smallest absolute Gasteiger partial charge is 0.307 e. The van der Waals surface area contributed by atoms with Gasteiger partial charge in [-0.1, -0.05) is 78.9 Å². The highest BCUT2D eigenvalue weighted by Gasteiger charge is 2.12. The van der Waals surface area contributed by atoms with Crippen molar-refractivity contribution in [1.82, 2.24) is 10.6 Å². The third-order valence-corrected chi connectivity index (χ3v) is 3.71. The van der Waals surface area contributed by atoms with Gasteiger partial charge in [0.05, 0.1) is 5.70 Å². The fourth-order valence-electron chi connectivity index (χ4n) is 2.44. The molecule has 0 saturated carbocycles. The fourth-order valence-corrected chi connectivity index (χ4v) is 2.44. The van der Waals surface area contributed by atoms with Crippen molar-refractivity contribution in [3.05, 3.63) is 108 Å². The van der Waals surface area contributed by atoms with E-state index < -0.39 is 11.9 Å². The first-order valence-electron chi connectivity index (χ1n) is 8.22. The maximum absolute atomic E-state index is 12.3. The molecule has 0 aliphatic carbocycles. The Kier molecular flexibility index (Phi) is 5.58. The van der Waals surface area contributed by atoms with Gasteiger partial charge in [0.25, 0.3) is 5.91 Å². The highest BCUT2D eigenvalue weighted by Crippen LogP contribution is 2.15. The lowest BCUT2D eigenvalue weighted by Gasteiger charge is -2.11. The second-order valence-electron chi connectivity index (χ2n) is 5.61. The summed E-state index contributed by atoms with van der Waals surface area (Å²) < 4.78 is 0. The van der Waals surface area contributed by atoms with Crippen molar-refractivity contribution in [1.29, 1.82) is 0 Å². The molecule has 26 heavy (non-hydrogen) atoms. The van der Waals surface area contributed by atoms with E-state index in [1.165, 1.54) is 0 Å². The summed E-state index contributed by atoms with van der Waals surface area (Å²) in [5, 5.41) is 5.13. The molecule has 3 amide bonds. The molecule has 4 nitrogen and oxygen atoms in total. The molecule has 4 heteroatoms. The first-order chi connectivity index (χ1) is 12.7. The summed E-state index contributed by atoms with van der Waals surface area (Å²) >= 11 is 0. The molecule has 128 valence electrons. The molecule has 0 atom stereocenters. The maximum atomic E-state index is 12.3. The Labute approximate surface area is 152 Å². The minimum atomic E-state index is -0.579. The van der Waals surface area contributed by atoms with Crippen molar-refractivity contribution in [2.24, 2.45) is 0 Å². The van der Waals surface area contributed by atoms with E-state index in [2.05, 4.69) is 10.6 Å². The molecule has 3 aromatic rings. The molecule has 0 bridgehead atoms. The Hall–Kier alpha value is -3.66. The minimum Gasteiger partial charge on any atom is -0.307 e. The quantitative estimate of drug-likeness (QED) is 0.694. The molecule has 0 fully saturated rings. The van der Waals surface area contributed by atoms with Gasteiger partial charge in [0, 0.05) is 5.56 Å². The van der Waals surface area contributed by atoms with E-state index in [0.29, 0.717) is 11.3 Å². The summed E-state index contributed by atoms with van der Waals surface area (Å²) in [5.74, 6) is -0.449. The lowest BCUT2D eigenvalue weighted by atomic mass is 10.1. The van der Waals surface area contributed by atoms with E-state index >= 15 is 0 Å². The molecule has 3 aromatic carbocycles. The first-order valence-corrected chi connectivity index (χ1v) is 8.22. The van der Waals surface area contributed by atoms with Crippen LogP contribution in [0, 0.1) is 0 Å². The number of benzene rings is 3. The van der Waals surface area contributed by atoms with Gasteiger partial charge in [-0.05, 0) is 29.3 Å². The second kappa shape index (κ2) is 8.44. The lowest BCUT2D eigenvalue weighted by molar-refractivity contribution is 0.0965. The van der Waals surface area contributed by atoms with Gasteiger partial charge in [-0.25, -0.2) is 4.79 Å². The largest absolute Gasteiger partial charge is 0.326 e. The van der Waals surface area contributed by atoms with E-state index in [9.17, 15) is 9.59 Å². The van der Waals surface area contributed by atoms with Gasteiger partial charge in [0.1, 0.15) is 0 Å². The van der Waals surface area contributed by atoms with Crippen LogP contribution in [0.25, 0.3) is 11.8 Å². The molecular weight excluding hydrogens is 324 g/mol. The molecule has 2 N–H and O–H groups in total.